The van der Waals surface area contributed by atoms with Crippen molar-refractivity contribution in [2.24, 2.45) is 0 Å². The summed E-state index contributed by atoms with van der Waals surface area (Å²) in [6, 6.07) is 18.7. The maximum absolute atomic E-state index is 12.6. The van der Waals surface area contributed by atoms with Crippen molar-refractivity contribution in [3.63, 3.8) is 0 Å². The molecule has 4 rings (SSSR count). The molecule has 1 aliphatic heterocycles. The van der Waals surface area contributed by atoms with Crippen LogP contribution >= 0.6 is 0 Å². The maximum atomic E-state index is 12.6. The van der Waals surface area contributed by atoms with Gasteiger partial charge in [-0.1, -0.05) is 12.1 Å². The minimum absolute atomic E-state index is 0.0366. The monoisotopic (exact) mass is 433 g/mol. The summed E-state index contributed by atoms with van der Waals surface area (Å²) in [6.07, 6.45) is 5.36. The molecule has 1 saturated heterocycles. The highest BCUT2D eigenvalue weighted by molar-refractivity contribution is 5.94. The molecule has 0 radical (unpaired) electrons. The van der Waals surface area contributed by atoms with Gasteiger partial charge >= 0.3 is 0 Å². The molecule has 7 nitrogen and oxygen atoms in total. The molecule has 1 fully saturated rings. The van der Waals surface area contributed by atoms with Crippen LogP contribution in [0.15, 0.2) is 73.1 Å². The Balaban J connectivity index is 1.23. The molecule has 2 heterocycles. The number of likely N-dealkylation sites (tertiary alicyclic amines) is 1. The van der Waals surface area contributed by atoms with Crippen LogP contribution in [0.25, 0.3) is 5.69 Å². The molecule has 1 aromatic heterocycles. The van der Waals surface area contributed by atoms with Gasteiger partial charge in [-0.05, 0) is 61.4 Å². The van der Waals surface area contributed by atoms with E-state index in [2.05, 4.69) is 5.32 Å². The number of para-hydroxylation sites is 2. The van der Waals surface area contributed by atoms with Gasteiger partial charge in [0.15, 0.2) is 18.1 Å². The standard InChI is InChI=1S/C25H27N3O4/c1-31-22-6-2-3-7-23(22)32-18-24(29)28-16-12-20(13-17-28)26-25(30)19-8-10-21(11-9-19)27-14-4-5-15-27/h2-11,14-15,20H,12-13,16-18H2,1H3,(H,26,30). The highest BCUT2D eigenvalue weighted by atomic mass is 16.5. The number of hydrogen-bond donors (Lipinski definition) is 1. The molecule has 1 N–H and O–H groups in total. The molecular formula is C25H27N3O4. The first-order valence-electron chi connectivity index (χ1n) is 10.7. The molecule has 0 saturated carbocycles. The molecular weight excluding hydrogens is 406 g/mol. The Morgan fingerprint density at radius 3 is 2.25 bits per heavy atom. The van der Waals surface area contributed by atoms with Gasteiger partial charge in [0.25, 0.3) is 11.8 Å². The number of piperidine rings is 1. The lowest BCUT2D eigenvalue weighted by Gasteiger charge is -2.32. The summed E-state index contributed by atoms with van der Waals surface area (Å²) >= 11 is 0. The number of carbonyl (C=O) groups is 2. The number of carbonyl (C=O) groups excluding carboxylic acids is 2. The van der Waals surface area contributed by atoms with Gasteiger partial charge in [-0.25, -0.2) is 0 Å². The summed E-state index contributed by atoms with van der Waals surface area (Å²) in [5, 5.41) is 3.09. The zero-order chi connectivity index (χ0) is 22.3. The lowest BCUT2D eigenvalue weighted by Crippen LogP contribution is -2.47. The second-order valence-corrected chi connectivity index (χ2v) is 7.71. The molecule has 3 aromatic rings. The first-order chi connectivity index (χ1) is 15.6. The summed E-state index contributed by atoms with van der Waals surface area (Å²) in [4.78, 5) is 26.9. The molecule has 0 atom stereocenters. The first kappa shape index (κ1) is 21.5. The largest absolute Gasteiger partial charge is 0.493 e. The topological polar surface area (TPSA) is 72.8 Å². The predicted octanol–water partition coefficient (Wildman–Crippen LogP) is 3.29. The van der Waals surface area contributed by atoms with Gasteiger partial charge in [-0.3, -0.25) is 9.59 Å². The molecule has 0 bridgehead atoms. The van der Waals surface area contributed by atoms with Gasteiger partial charge in [0.1, 0.15) is 0 Å². The van der Waals surface area contributed by atoms with Crippen LogP contribution in [0.3, 0.4) is 0 Å². The van der Waals surface area contributed by atoms with Crippen molar-refractivity contribution >= 4 is 11.8 Å². The van der Waals surface area contributed by atoms with Gasteiger partial charge in [0.2, 0.25) is 0 Å². The van der Waals surface area contributed by atoms with E-state index in [1.165, 1.54) is 0 Å². The van der Waals surface area contributed by atoms with Gasteiger partial charge in [0, 0.05) is 42.8 Å². The summed E-state index contributed by atoms with van der Waals surface area (Å²) in [7, 11) is 1.57. The molecule has 166 valence electrons. The minimum atomic E-state index is -0.0895. The van der Waals surface area contributed by atoms with Crippen molar-refractivity contribution in [2.45, 2.75) is 18.9 Å². The van der Waals surface area contributed by atoms with Gasteiger partial charge in [-0.15, -0.1) is 0 Å². The van der Waals surface area contributed by atoms with Crippen LogP contribution in [-0.2, 0) is 4.79 Å². The normalized spacial score (nSPS) is 14.1. The molecule has 1 aliphatic rings. The van der Waals surface area contributed by atoms with Crippen LogP contribution in [0.1, 0.15) is 23.2 Å². The smallest absolute Gasteiger partial charge is 0.260 e. The number of methoxy groups -OCH3 is 1. The van der Waals surface area contributed by atoms with E-state index in [0.29, 0.717) is 43.0 Å². The Kier molecular flexibility index (Phi) is 6.75. The third-order valence-electron chi connectivity index (χ3n) is 5.64. The number of benzene rings is 2. The second-order valence-electron chi connectivity index (χ2n) is 7.71. The fourth-order valence-corrected chi connectivity index (χ4v) is 3.80. The van der Waals surface area contributed by atoms with Gasteiger partial charge < -0.3 is 24.3 Å². The van der Waals surface area contributed by atoms with E-state index in [9.17, 15) is 9.59 Å². The van der Waals surface area contributed by atoms with E-state index in [-0.39, 0.29) is 24.5 Å². The van der Waals surface area contributed by atoms with Crippen molar-refractivity contribution < 1.29 is 19.1 Å². The number of nitrogens with zero attached hydrogens (tertiary/aromatic N) is 2. The third-order valence-corrected chi connectivity index (χ3v) is 5.64. The van der Waals surface area contributed by atoms with E-state index in [1.807, 2.05) is 65.5 Å². The van der Waals surface area contributed by atoms with Crippen LogP contribution in [0.2, 0.25) is 0 Å². The molecule has 2 aromatic carbocycles. The van der Waals surface area contributed by atoms with E-state index < -0.39 is 0 Å². The minimum Gasteiger partial charge on any atom is -0.493 e. The van der Waals surface area contributed by atoms with E-state index in [0.717, 1.165) is 5.69 Å². The SMILES string of the molecule is COc1ccccc1OCC(=O)N1CCC(NC(=O)c2ccc(-n3cccc3)cc2)CC1. The number of amides is 2. The quantitative estimate of drug-likeness (QED) is 0.621. The molecule has 0 spiro atoms. The summed E-state index contributed by atoms with van der Waals surface area (Å²) in [6.45, 7) is 1.14. The average molecular weight is 434 g/mol. The highest BCUT2D eigenvalue weighted by Crippen LogP contribution is 2.25. The molecule has 0 aliphatic carbocycles. The lowest BCUT2D eigenvalue weighted by atomic mass is 10.0. The molecule has 0 unspecified atom stereocenters. The van der Waals surface area contributed by atoms with Crippen molar-refractivity contribution in [2.75, 3.05) is 26.8 Å². The number of nitrogens with one attached hydrogen (secondary N) is 1. The number of ether oxygens (including phenoxy) is 2. The fraction of sp³-hybridized carbons (Fsp3) is 0.280. The van der Waals surface area contributed by atoms with E-state index >= 15 is 0 Å². The van der Waals surface area contributed by atoms with Gasteiger partial charge in [0.05, 0.1) is 7.11 Å². The number of aromatic nitrogens is 1. The van der Waals surface area contributed by atoms with Gasteiger partial charge in [-0.2, -0.15) is 0 Å². The summed E-state index contributed by atoms with van der Waals surface area (Å²) in [5.41, 5.74) is 1.64. The fourth-order valence-electron chi connectivity index (χ4n) is 3.80. The van der Waals surface area contributed by atoms with Crippen LogP contribution in [-0.4, -0.2) is 54.1 Å². The Morgan fingerprint density at radius 1 is 0.938 bits per heavy atom. The molecule has 32 heavy (non-hydrogen) atoms. The van der Waals surface area contributed by atoms with Crippen molar-refractivity contribution in [1.82, 2.24) is 14.8 Å². The Hall–Kier alpha value is -3.74. The van der Waals surface area contributed by atoms with Crippen LogP contribution < -0.4 is 14.8 Å². The van der Waals surface area contributed by atoms with Crippen LogP contribution in [0.5, 0.6) is 11.5 Å². The van der Waals surface area contributed by atoms with Crippen molar-refractivity contribution in [1.29, 1.82) is 0 Å². The Morgan fingerprint density at radius 2 is 1.59 bits per heavy atom. The van der Waals surface area contributed by atoms with Crippen LogP contribution in [0.4, 0.5) is 0 Å². The highest BCUT2D eigenvalue weighted by Gasteiger charge is 2.24. The van der Waals surface area contributed by atoms with Crippen molar-refractivity contribution in [3.8, 4) is 17.2 Å². The van der Waals surface area contributed by atoms with E-state index in [4.69, 9.17) is 9.47 Å². The Bertz CT molecular complexity index is 1040. The zero-order valence-electron chi connectivity index (χ0n) is 18.1. The maximum Gasteiger partial charge on any atom is 0.260 e. The number of rotatable bonds is 7. The molecule has 7 heteroatoms. The van der Waals surface area contributed by atoms with Crippen molar-refractivity contribution in [3.05, 3.63) is 78.6 Å². The average Bonchev–Trinajstić information content (AvgIpc) is 3.38. The lowest BCUT2D eigenvalue weighted by molar-refractivity contribution is -0.134. The van der Waals surface area contributed by atoms with E-state index in [1.54, 1.807) is 24.1 Å². The first-order valence-corrected chi connectivity index (χ1v) is 10.7. The molecule has 2 amide bonds. The second kappa shape index (κ2) is 10.0. The predicted molar refractivity (Wildman–Crippen MR) is 121 cm³/mol. The zero-order valence-corrected chi connectivity index (χ0v) is 18.1. The summed E-state index contributed by atoms with van der Waals surface area (Å²) in [5.74, 6) is 0.992. The third kappa shape index (κ3) is 5.11. The summed E-state index contributed by atoms with van der Waals surface area (Å²) < 4.78 is 12.9. The van der Waals surface area contributed by atoms with Crippen LogP contribution in [0, 0.1) is 0 Å². The number of hydrogen-bond acceptors (Lipinski definition) is 4. The Labute approximate surface area is 187 Å².